The van der Waals surface area contributed by atoms with Crippen LogP contribution in [0.25, 0.3) is 6.08 Å². The Morgan fingerprint density at radius 1 is 1.04 bits per heavy atom. The molecular weight excluding hydrogens is 328 g/mol. The van der Waals surface area contributed by atoms with Crippen molar-refractivity contribution in [3.63, 3.8) is 0 Å². The summed E-state index contributed by atoms with van der Waals surface area (Å²) in [5.74, 6) is 0.482. The summed E-state index contributed by atoms with van der Waals surface area (Å²) >= 11 is 0. The number of hydrogen-bond acceptors (Lipinski definition) is 3. The molecule has 1 N–H and O–H groups in total. The van der Waals surface area contributed by atoms with Crippen molar-refractivity contribution in [1.82, 2.24) is 10.2 Å². The quantitative estimate of drug-likeness (QED) is 0.467. The molecule has 134 valence electrons. The summed E-state index contributed by atoms with van der Waals surface area (Å²) in [5.41, 5.74) is 2.02. The Hall–Kier alpha value is -3.08. The number of hydrogen-bond donors (Lipinski definition) is 1. The van der Waals surface area contributed by atoms with Crippen molar-refractivity contribution in [2.75, 3.05) is 6.61 Å². The minimum absolute atomic E-state index is 0.257. The predicted octanol–water partition coefficient (Wildman–Crippen LogP) is 3.96. The number of unbranched alkanes of at least 4 members (excludes halogenated alkanes) is 1. The highest BCUT2D eigenvalue weighted by molar-refractivity contribution is 6.13. The van der Waals surface area contributed by atoms with E-state index in [9.17, 15) is 9.59 Å². The van der Waals surface area contributed by atoms with Crippen LogP contribution < -0.4 is 10.1 Å². The predicted molar refractivity (Wildman–Crippen MR) is 100 cm³/mol. The third kappa shape index (κ3) is 4.30. The van der Waals surface area contributed by atoms with Gasteiger partial charge in [0.2, 0.25) is 0 Å². The molecule has 0 unspecified atom stereocenters. The van der Waals surface area contributed by atoms with E-state index in [-0.39, 0.29) is 18.1 Å². The molecule has 0 radical (unpaired) electrons. The maximum atomic E-state index is 12.5. The lowest BCUT2D eigenvalue weighted by atomic mass is 10.1. The molecule has 1 aliphatic heterocycles. The maximum absolute atomic E-state index is 12.5. The average Bonchev–Trinajstić information content (AvgIpc) is 2.92. The Morgan fingerprint density at radius 3 is 2.46 bits per heavy atom. The van der Waals surface area contributed by atoms with Crippen LogP contribution >= 0.6 is 0 Å². The normalized spacial score (nSPS) is 15.4. The van der Waals surface area contributed by atoms with Gasteiger partial charge in [0, 0.05) is 0 Å². The molecule has 1 saturated heterocycles. The molecule has 2 aromatic rings. The lowest BCUT2D eigenvalue weighted by molar-refractivity contribution is -0.123. The first kappa shape index (κ1) is 17.7. The molecule has 1 aliphatic rings. The van der Waals surface area contributed by atoms with Gasteiger partial charge in [-0.1, -0.05) is 55.8 Å². The zero-order valence-corrected chi connectivity index (χ0v) is 14.8. The molecule has 5 heteroatoms. The van der Waals surface area contributed by atoms with Crippen LogP contribution in [-0.4, -0.2) is 23.4 Å². The zero-order chi connectivity index (χ0) is 18.4. The summed E-state index contributed by atoms with van der Waals surface area (Å²) < 4.78 is 5.63. The summed E-state index contributed by atoms with van der Waals surface area (Å²) in [6, 6.07) is 16.5. The van der Waals surface area contributed by atoms with Crippen molar-refractivity contribution in [2.45, 2.75) is 26.3 Å². The van der Waals surface area contributed by atoms with Gasteiger partial charge in [0.05, 0.1) is 13.2 Å². The first-order valence-electron chi connectivity index (χ1n) is 8.78. The molecule has 5 nitrogen and oxygen atoms in total. The third-order valence-electron chi connectivity index (χ3n) is 4.10. The summed E-state index contributed by atoms with van der Waals surface area (Å²) in [6.07, 6.45) is 3.79. The highest BCUT2D eigenvalue weighted by Crippen LogP contribution is 2.19. The third-order valence-corrected chi connectivity index (χ3v) is 4.10. The molecule has 0 aromatic heterocycles. The molecule has 0 bridgehead atoms. The van der Waals surface area contributed by atoms with Crippen LogP contribution in [0.15, 0.2) is 60.3 Å². The Labute approximate surface area is 153 Å². The van der Waals surface area contributed by atoms with Gasteiger partial charge in [0.15, 0.2) is 0 Å². The minimum atomic E-state index is -0.398. The van der Waals surface area contributed by atoms with Crippen LogP contribution in [0.1, 0.15) is 30.9 Å². The fourth-order valence-corrected chi connectivity index (χ4v) is 2.64. The van der Waals surface area contributed by atoms with Gasteiger partial charge in [-0.05, 0) is 35.8 Å². The number of carbonyl (C=O) groups is 2. The lowest BCUT2D eigenvalue weighted by Gasteiger charge is -2.11. The van der Waals surface area contributed by atoms with Crippen molar-refractivity contribution in [3.05, 3.63) is 71.4 Å². The molecule has 2 aromatic carbocycles. The van der Waals surface area contributed by atoms with Gasteiger partial charge in [0.1, 0.15) is 11.4 Å². The summed E-state index contributed by atoms with van der Waals surface area (Å²) in [4.78, 5) is 25.9. The van der Waals surface area contributed by atoms with Gasteiger partial charge in [-0.25, -0.2) is 4.79 Å². The Morgan fingerprint density at radius 2 is 1.77 bits per heavy atom. The molecule has 0 atom stereocenters. The fraction of sp³-hybridized carbons (Fsp3) is 0.238. The average molecular weight is 350 g/mol. The molecular formula is C21H22N2O3. The van der Waals surface area contributed by atoms with E-state index < -0.39 is 6.03 Å². The van der Waals surface area contributed by atoms with E-state index in [2.05, 4.69) is 12.2 Å². The number of nitrogens with one attached hydrogen (secondary N) is 1. The van der Waals surface area contributed by atoms with Crippen LogP contribution in [0.3, 0.4) is 0 Å². The Balaban J connectivity index is 1.67. The number of amides is 3. The number of benzene rings is 2. The van der Waals surface area contributed by atoms with Crippen molar-refractivity contribution in [1.29, 1.82) is 0 Å². The van der Waals surface area contributed by atoms with Gasteiger partial charge in [-0.15, -0.1) is 0 Å². The van der Waals surface area contributed by atoms with Gasteiger partial charge in [-0.3, -0.25) is 9.69 Å². The van der Waals surface area contributed by atoms with Crippen LogP contribution in [0.4, 0.5) is 4.79 Å². The smallest absolute Gasteiger partial charge is 0.329 e. The Bertz CT molecular complexity index is 798. The highest BCUT2D eigenvalue weighted by atomic mass is 16.5. The topological polar surface area (TPSA) is 58.6 Å². The second kappa shape index (κ2) is 8.34. The molecule has 26 heavy (non-hydrogen) atoms. The molecule has 0 saturated carbocycles. The second-order valence-electron chi connectivity index (χ2n) is 6.14. The van der Waals surface area contributed by atoms with Crippen molar-refractivity contribution < 1.29 is 14.3 Å². The second-order valence-corrected chi connectivity index (χ2v) is 6.14. The zero-order valence-electron chi connectivity index (χ0n) is 14.8. The van der Waals surface area contributed by atoms with Crippen LogP contribution in [0.5, 0.6) is 5.75 Å². The van der Waals surface area contributed by atoms with Crippen LogP contribution in [0.2, 0.25) is 0 Å². The van der Waals surface area contributed by atoms with Crippen molar-refractivity contribution >= 4 is 18.0 Å². The van der Waals surface area contributed by atoms with E-state index in [1.807, 2.05) is 54.6 Å². The number of imide groups is 1. The highest BCUT2D eigenvalue weighted by Gasteiger charge is 2.33. The number of rotatable bonds is 7. The van der Waals surface area contributed by atoms with Gasteiger partial charge < -0.3 is 10.1 Å². The van der Waals surface area contributed by atoms with E-state index in [1.54, 1.807) is 6.08 Å². The maximum Gasteiger partial charge on any atom is 0.329 e. The summed E-state index contributed by atoms with van der Waals surface area (Å²) in [5, 5.41) is 2.65. The lowest BCUT2D eigenvalue weighted by Crippen LogP contribution is -2.30. The Kier molecular flexibility index (Phi) is 5.69. The fourth-order valence-electron chi connectivity index (χ4n) is 2.64. The molecule has 1 fully saturated rings. The van der Waals surface area contributed by atoms with Crippen LogP contribution in [0, 0.1) is 0 Å². The minimum Gasteiger partial charge on any atom is -0.494 e. The molecule has 0 spiro atoms. The first-order valence-corrected chi connectivity index (χ1v) is 8.78. The van der Waals surface area contributed by atoms with Gasteiger partial charge in [0.25, 0.3) is 5.91 Å². The first-order chi connectivity index (χ1) is 12.7. The number of ether oxygens (including phenoxy) is 1. The van der Waals surface area contributed by atoms with E-state index in [4.69, 9.17) is 4.74 Å². The van der Waals surface area contributed by atoms with E-state index >= 15 is 0 Å². The molecule has 3 amide bonds. The van der Waals surface area contributed by atoms with Crippen molar-refractivity contribution in [2.24, 2.45) is 0 Å². The number of urea groups is 1. The summed E-state index contributed by atoms with van der Waals surface area (Å²) in [6.45, 7) is 3.07. The SMILES string of the molecule is CCCCOc1ccc(/C=C2\NC(=O)N(Cc3ccccc3)C2=O)cc1. The van der Waals surface area contributed by atoms with Gasteiger partial charge >= 0.3 is 6.03 Å². The number of carbonyl (C=O) groups excluding carboxylic acids is 2. The van der Waals surface area contributed by atoms with Crippen LogP contribution in [-0.2, 0) is 11.3 Å². The standard InChI is InChI=1S/C21H22N2O3/c1-2-3-13-26-18-11-9-16(10-12-18)14-19-20(24)23(21(25)22-19)15-17-7-5-4-6-8-17/h4-12,14H,2-3,13,15H2,1H3,(H,22,25)/b19-14-. The molecule has 3 rings (SSSR count). The van der Waals surface area contributed by atoms with Gasteiger partial charge in [-0.2, -0.15) is 0 Å². The summed E-state index contributed by atoms with van der Waals surface area (Å²) in [7, 11) is 0. The largest absolute Gasteiger partial charge is 0.494 e. The van der Waals surface area contributed by atoms with E-state index in [0.29, 0.717) is 6.61 Å². The van der Waals surface area contributed by atoms with Crippen molar-refractivity contribution in [3.8, 4) is 5.75 Å². The number of nitrogens with zero attached hydrogens (tertiary/aromatic N) is 1. The molecule has 0 aliphatic carbocycles. The van der Waals surface area contributed by atoms with E-state index in [0.717, 1.165) is 29.7 Å². The molecule has 1 heterocycles. The van der Waals surface area contributed by atoms with E-state index in [1.165, 1.54) is 4.90 Å². The monoisotopic (exact) mass is 350 g/mol.